The lowest BCUT2D eigenvalue weighted by atomic mass is 10.2. The summed E-state index contributed by atoms with van der Waals surface area (Å²) in [5.41, 5.74) is 2.12. The molecule has 0 bridgehead atoms. The van der Waals surface area contributed by atoms with Crippen LogP contribution in [0, 0.1) is 0 Å². The topological polar surface area (TPSA) is 43.4 Å². The molecule has 0 unspecified atom stereocenters. The number of benzene rings is 1. The second kappa shape index (κ2) is 7.50. The fourth-order valence-electron chi connectivity index (χ4n) is 1.74. The number of nitrogens with one attached hydrogen (secondary N) is 1. The summed E-state index contributed by atoms with van der Waals surface area (Å²) in [5.74, 6) is 1.63. The zero-order valence-electron chi connectivity index (χ0n) is 11.9. The molecule has 1 heterocycles. The molecular formula is C16H20N2O2. The molecule has 0 atom stereocenters. The van der Waals surface area contributed by atoms with Gasteiger partial charge in [-0.2, -0.15) is 0 Å². The van der Waals surface area contributed by atoms with Gasteiger partial charge in [-0.05, 0) is 36.4 Å². The van der Waals surface area contributed by atoms with Crippen LogP contribution >= 0.6 is 0 Å². The average molecular weight is 272 g/mol. The number of nitrogens with zero attached hydrogens (tertiary/aromatic N) is 1. The highest BCUT2D eigenvalue weighted by molar-refractivity contribution is 5.27. The van der Waals surface area contributed by atoms with Crippen molar-refractivity contribution in [3.8, 4) is 11.5 Å². The van der Waals surface area contributed by atoms with Crippen LogP contribution in [0.25, 0.3) is 0 Å². The normalized spacial score (nSPS) is 10.3. The maximum Gasteiger partial charge on any atom is 0.138 e. The van der Waals surface area contributed by atoms with Crippen LogP contribution in [0.3, 0.4) is 0 Å². The highest BCUT2D eigenvalue weighted by Crippen LogP contribution is 2.15. The number of ether oxygens (including phenoxy) is 2. The molecule has 0 saturated heterocycles. The first-order valence-electron chi connectivity index (χ1n) is 6.73. The number of aromatic nitrogens is 1. The summed E-state index contributed by atoms with van der Waals surface area (Å²) in [5, 5.41) is 3.24. The highest BCUT2D eigenvalue weighted by atomic mass is 16.5. The minimum absolute atomic E-state index is 0.526. The van der Waals surface area contributed by atoms with E-state index in [-0.39, 0.29) is 0 Å². The number of methoxy groups -OCH3 is 1. The second-order valence-electron chi connectivity index (χ2n) is 4.40. The van der Waals surface area contributed by atoms with E-state index in [9.17, 15) is 0 Å². The minimum Gasteiger partial charge on any atom is -0.497 e. The zero-order chi connectivity index (χ0) is 14.2. The Labute approximate surface area is 119 Å². The maximum atomic E-state index is 5.70. The van der Waals surface area contributed by atoms with Gasteiger partial charge in [-0.1, -0.05) is 19.1 Å². The summed E-state index contributed by atoms with van der Waals surface area (Å²) in [6.45, 7) is 4.33. The van der Waals surface area contributed by atoms with Crippen LogP contribution in [0.4, 0.5) is 0 Å². The van der Waals surface area contributed by atoms with Crippen molar-refractivity contribution in [1.82, 2.24) is 10.3 Å². The smallest absolute Gasteiger partial charge is 0.138 e. The molecule has 0 aliphatic rings. The molecule has 0 aliphatic carbocycles. The van der Waals surface area contributed by atoms with Crippen LogP contribution in [0.1, 0.15) is 18.2 Å². The van der Waals surface area contributed by atoms with Crippen molar-refractivity contribution in [2.24, 2.45) is 0 Å². The van der Waals surface area contributed by atoms with Crippen molar-refractivity contribution in [1.29, 1.82) is 0 Å². The van der Waals surface area contributed by atoms with Crippen molar-refractivity contribution in [3.63, 3.8) is 0 Å². The van der Waals surface area contributed by atoms with E-state index in [1.54, 1.807) is 13.3 Å². The lowest BCUT2D eigenvalue weighted by Crippen LogP contribution is -2.12. The monoisotopic (exact) mass is 272 g/mol. The van der Waals surface area contributed by atoms with Gasteiger partial charge in [0.2, 0.25) is 0 Å². The first-order valence-corrected chi connectivity index (χ1v) is 6.73. The first kappa shape index (κ1) is 14.3. The molecule has 20 heavy (non-hydrogen) atoms. The van der Waals surface area contributed by atoms with E-state index in [1.165, 1.54) is 0 Å². The van der Waals surface area contributed by atoms with E-state index in [0.29, 0.717) is 6.61 Å². The van der Waals surface area contributed by atoms with Gasteiger partial charge in [0.25, 0.3) is 0 Å². The molecule has 0 amide bonds. The number of rotatable bonds is 7. The van der Waals surface area contributed by atoms with Crippen molar-refractivity contribution < 1.29 is 9.47 Å². The van der Waals surface area contributed by atoms with Gasteiger partial charge in [0.05, 0.1) is 19.0 Å². The third-order valence-electron chi connectivity index (χ3n) is 2.92. The third-order valence-corrected chi connectivity index (χ3v) is 2.92. The van der Waals surface area contributed by atoms with Crippen molar-refractivity contribution >= 4 is 0 Å². The Hall–Kier alpha value is -2.07. The predicted molar refractivity (Wildman–Crippen MR) is 78.9 cm³/mol. The van der Waals surface area contributed by atoms with Gasteiger partial charge in [0.1, 0.15) is 18.1 Å². The fourth-order valence-corrected chi connectivity index (χ4v) is 1.74. The van der Waals surface area contributed by atoms with Gasteiger partial charge in [0, 0.05) is 6.54 Å². The summed E-state index contributed by atoms with van der Waals surface area (Å²) < 4.78 is 10.8. The van der Waals surface area contributed by atoms with E-state index in [0.717, 1.165) is 35.8 Å². The Morgan fingerprint density at radius 1 is 1.05 bits per heavy atom. The van der Waals surface area contributed by atoms with Gasteiger partial charge in [0.15, 0.2) is 0 Å². The fraction of sp³-hybridized carbons (Fsp3) is 0.312. The largest absolute Gasteiger partial charge is 0.497 e. The van der Waals surface area contributed by atoms with Crippen LogP contribution in [0.2, 0.25) is 0 Å². The summed E-state index contributed by atoms with van der Waals surface area (Å²) in [6, 6.07) is 11.8. The molecule has 1 N–H and O–H groups in total. The Balaban J connectivity index is 1.86. The number of hydrogen-bond donors (Lipinski definition) is 1. The SMILES string of the molecule is CCNCc1ccc(OCc2ccc(OC)cc2)cn1. The lowest BCUT2D eigenvalue weighted by Gasteiger charge is -2.07. The van der Waals surface area contributed by atoms with Crippen LogP contribution in [0.15, 0.2) is 42.6 Å². The molecule has 2 aromatic rings. The van der Waals surface area contributed by atoms with Gasteiger partial charge in [-0.3, -0.25) is 4.98 Å². The van der Waals surface area contributed by atoms with Crippen molar-refractivity contribution in [3.05, 3.63) is 53.9 Å². The van der Waals surface area contributed by atoms with E-state index in [1.807, 2.05) is 36.4 Å². The number of hydrogen-bond acceptors (Lipinski definition) is 4. The van der Waals surface area contributed by atoms with Crippen LogP contribution < -0.4 is 14.8 Å². The Kier molecular flexibility index (Phi) is 5.38. The molecule has 0 aliphatic heterocycles. The molecule has 0 spiro atoms. The van der Waals surface area contributed by atoms with Crippen molar-refractivity contribution in [2.45, 2.75) is 20.1 Å². The lowest BCUT2D eigenvalue weighted by molar-refractivity contribution is 0.304. The summed E-state index contributed by atoms with van der Waals surface area (Å²) in [7, 11) is 1.66. The molecule has 1 aromatic heterocycles. The average Bonchev–Trinajstić information content (AvgIpc) is 2.52. The first-order chi connectivity index (χ1) is 9.81. The van der Waals surface area contributed by atoms with Crippen LogP contribution in [0.5, 0.6) is 11.5 Å². The molecule has 4 heteroatoms. The van der Waals surface area contributed by atoms with Gasteiger partial charge < -0.3 is 14.8 Å². The molecule has 0 fully saturated rings. The van der Waals surface area contributed by atoms with Crippen LogP contribution in [-0.4, -0.2) is 18.6 Å². The van der Waals surface area contributed by atoms with E-state index in [4.69, 9.17) is 9.47 Å². The molecular weight excluding hydrogens is 252 g/mol. The quantitative estimate of drug-likeness (QED) is 0.841. The minimum atomic E-state index is 0.526. The molecule has 2 rings (SSSR count). The summed E-state index contributed by atoms with van der Waals surface area (Å²) in [6.07, 6.45) is 1.76. The Morgan fingerprint density at radius 2 is 1.80 bits per heavy atom. The summed E-state index contributed by atoms with van der Waals surface area (Å²) in [4.78, 5) is 4.35. The second-order valence-corrected chi connectivity index (χ2v) is 4.40. The van der Waals surface area contributed by atoms with Gasteiger partial charge in [-0.25, -0.2) is 0 Å². The van der Waals surface area contributed by atoms with Gasteiger partial charge >= 0.3 is 0 Å². The molecule has 106 valence electrons. The Bertz CT molecular complexity index is 509. The van der Waals surface area contributed by atoms with E-state index < -0.39 is 0 Å². The van der Waals surface area contributed by atoms with Gasteiger partial charge in [-0.15, -0.1) is 0 Å². The zero-order valence-corrected chi connectivity index (χ0v) is 11.9. The van der Waals surface area contributed by atoms with Crippen LogP contribution in [-0.2, 0) is 13.2 Å². The van der Waals surface area contributed by atoms with Crippen molar-refractivity contribution in [2.75, 3.05) is 13.7 Å². The maximum absolute atomic E-state index is 5.70. The molecule has 4 nitrogen and oxygen atoms in total. The molecule has 0 radical (unpaired) electrons. The van der Waals surface area contributed by atoms with E-state index in [2.05, 4.69) is 17.2 Å². The molecule has 1 aromatic carbocycles. The number of pyridine rings is 1. The summed E-state index contributed by atoms with van der Waals surface area (Å²) >= 11 is 0. The highest BCUT2D eigenvalue weighted by Gasteiger charge is 1.99. The Morgan fingerprint density at radius 3 is 2.40 bits per heavy atom. The van der Waals surface area contributed by atoms with E-state index >= 15 is 0 Å². The third kappa shape index (κ3) is 4.24. The standard InChI is InChI=1S/C16H20N2O2/c1-3-17-10-14-6-9-16(11-18-14)20-12-13-4-7-15(19-2)8-5-13/h4-9,11,17H,3,10,12H2,1-2H3. The molecule has 0 saturated carbocycles. The predicted octanol–water partition coefficient (Wildman–Crippen LogP) is 2.78.